The highest BCUT2D eigenvalue weighted by atomic mass is 19.3. The number of esters is 3. The van der Waals surface area contributed by atoms with E-state index in [1.807, 2.05) is 17.1 Å². The van der Waals surface area contributed by atoms with Gasteiger partial charge < -0.3 is 53.8 Å². The molecule has 6 aliphatic rings. The van der Waals surface area contributed by atoms with Gasteiger partial charge in [0.05, 0.1) is 29.8 Å². The molecule has 0 spiro atoms. The van der Waals surface area contributed by atoms with Crippen molar-refractivity contribution in [2.45, 2.75) is 159 Å². The summed E-state index contributed by atoms with van der Waals surface area (Å²) in [6, 6.07) is 5.67. The van der Waals surface area contributed by atoms with Gasteiger partial charge in [0.25, 0.3) is 6.43 Å². The van der Waals surface area contributed by atoms with Gasteiger partial charge in [0.1, 0.15) is 41.7 Å². The number of amides is 1. The number of rotatable bonds is 10. The molecule has 62 heavy (non-hydrogen) atoms. The number of fused-ring (bicyclic) bond motifs is 8. The van der Waals surface area contributed by atoms with Crippen LogP contribution in [0.2, 0.25) is 0 Å². The molecule has 3 heterocycles. The summed E-state index contributed by atoms with van der Waals surface area (Å²) in [7, 11) is 0. The number of alkyl halides is 2. The summed E-state index contributed by atoms with van der Waals surface area (Å²) in [4.78, 5) is 55.8. The maximum atomic E-state index is 14.4. The van der Waals surface area contributed by atoms with Gasteiger partial charge in [-0.25, -0.2) is 23.2 Å². The number of nitrogens with one attached hydrogen (secondary N) is 1. The number of β-amino-alcohol motifs (C(OH)–C–C–N with tert-alkyl or cyclic N) is 1. The molecule has 3 aliphatic heterocycles. The van der Waals surface area contributed by atoms with Crippen LogP contribution in [0.5, 0.6) is 0 Å². The number of aliphatic hydroxyl groups is 3. The van der Waals surface area contributed by atoms with Crippen LogP contribution in [0.1, 0.15) is 91.9 Å². The zero-order valence-electron chi connectivity index (χ0n) is 36.6. The number of aliphatic hydroxyl groups excluding tert-OH is 1. The molecule has 2 saturated carbocycles. The number of hydrogen-bond acceptors (Lipinski definition) is 15. The number of halogens is 2. The van der Waals surface area contributed by atoms with Crippen molar-refractivity contribution in [3.8, 4) is 0 Å². The minimum atomic E-state index is -3.44. The molecule has 344 valence electrons. The molecule has 0 radical (unpaired) electrons. The van der Waals surface area contributed by atoms with Crippen LogP contribution in [0.4, 0.5) is 13.6 Å². The van der Waals surface area contributed by atoms with Gasteiger partial charge in [-0.2, -0.15) is 0 Å². The predicted octanol–water partition coefficient (Wildman–Crippen LogP) is 3.43. The summed E-state index contributed by atoms with van der Waals surface area (Å²) in [5.41, 5.74) is -7.20. The van der Waals surface area contributed by atoms with E-state index in [-0.39, 0.29) is 18.7 Å². The first kappa shape index (κ1) is 46.2. The van der Waals surface area contributed by atoms with Gasteiger partial charge in [0, 0.05) is 43.8 Å². The van der Waals surface area contributed by atoms with Gasteiger partial charge >= 0.3 is 24.0 Å². The third-order valence-corrected chi connectivity index (χ3v) is 13.9. The first-order valence-electron chi connectivity index (χ1n) is 21.2. The van der Waals surface area contributed by atoms with E-state index in [2.05, 4.69) is 0 Å². The van der Waals surface area contributed by atoms with Gasteiger partial charge in [-0.05, 0) is 70.7 Å². The third kappa shape index (κ3) is 8.02. The average Bonchev–Trinajstić information content (AvgIpc) is 3.55. The highest BCUT2D eigenvalue weighted by molar-refractivity contribution is 5.89. The molecule has 1 aromatic carbocycles. The zero-order chi connectivity index (χ0) is 45.5. The molecular formula is C44H60F2N2O14. The van der Waals surface area contributed by atoms with E-state index in [1.165, 1.54) is 27.7 Å². The van der Waals surface area contributed by atoms with Crippen LogP contribution in [0, 0.1) is 16.7 Å². The van der Waals surface area contributed by atoms with E-state index in [9.17, 15) is 43.3 Å². The highest BCUT2D eigenvalue weighted by Crippen LogP contribution is 2.66. The quantitative estimate of drug-likeness (QED) is 0.151. The fraction of sp³-hybridized carbons (Fsp3) is 0.727. The molecular weight excluding hydrogens is 818 g/mol. The Balaban J connectivity index is 1.36. The molecule has 1 amide bonds. The molecule has 3 saturated heterocycles. The van der Waals surface area contributed by atoms with Gasteiger partial charge in [-0.1, -0.05) is 39.0 Å². The average molecular weight is 879 g/mol. The minimum absolute atomic E-state index is 0.107. The van der Waals surface area contributed by atoms with E-state index < -0.39 is 125 Å². The largest absolute Gasteiger partial charge is 0.456 e. The van der Waals surface area contributed by atoms with Crippen LogP contribution >= 0.6 is 0 Å². The van der Waals surface area contributed by atoms with Crippen molar-refractivity contribution in [2.24, 2.45) is 16.7 Å². The zero-order valence-corrected chi connectivity index (χ0v) is 36.6. The van der Waals surface area contributed by atoms with Crippen LogP contribution in [0.15, 0.2) is 41.5 Å². The Labute approximate surface area is 359 Å². The number of nitrogens with zero attached hydrogens (tertiary/aromatic N) is 1. The highest BCUT2D eigenvalue weighted by Gasteiger charge is 2.77. The van der Waals surface area contributed by atoms with Gasteiger partial charge in [-0.3, -0.25) is 9.69 Å². The Kier molecular flexibility index (Phi) is 11.9. The lowest BCUT2D eigenvalue weighted by molar-refractivity contribution is -0.345. The standard InChI is InChI=1S/C44H60F2N2O14/c1-22-25(57-37(52)30(50)29(35(45)46)47-38(53)62-39(3,4)5)17-44(55)34(60-36(51)24-13-11-10-12-14-24)32-42(9,16-15-26-43(32,21-56-26)61-23(2)49)33-31(28(22)40(44,6)7)58-27(59-33)18-48-19-41(8,54)20-48/h10-14,25-27,29-35,50,54-55H,15-21H2,1-9H3,(H,47,53)/t25-,26+,27+,29+,30+,31+,32-,33+,34-,42+,43-,44+/m0/s1. The van der Waals surface area contributed by atoms with Crippen LogP contribution in [-0.4, -0.2) is 148 Å². The summed E-state index contributed by atoms with van der Waals surface area (Å²) < 4.78 is 72.5. The first-order chi connectivity index (χ1) is 28.7. The van der Waals surface area contributed by atoms with Crippen molar-refractivity contribution in [1.82, 2.24) is 10.2 Å². The molecule has 7 rings (SSSR count). The number of ether oxygens (including phenoxy) is 7. The maximum absolute atomic E-state index is 14.4. The van der Waals surface area contributed by atoms with E-state index in [1.54, 1.807) is 58.0 Å². The maximum Gasteiger partial charge on any atom is 0.408 e. The molecule has 3 aliphatic carbocycles. The monoisotopic (exact) mass is 878 g/mol. The molecule has 16 nitrogen and oxygen atoms in total. The summed E-state index contributed by atoms with van der Waals surface area (Å²) >= 11 is 0. The van der Waals surface area contributed by atoms with E-state index in [4.69, 9.17) is 33.2 Å². The van der Waals surface area contributed by atoms with E-state index in [0.29, 0.717) is 37.1 Å². The lowest BCUT2D eigenvalue weighted by Gasteiger charge is -2.68. The van der Waals surface area contributed by atoms with Crippen LogP contribution < -0.4 is 5.32 Å². The van der Waals surface area contributed by atoms with Crippen molar-refractivity contribution in [2.75, 3.05) is 26.2 Å². The number of hydrogen-bond donors (Lipinski definition) is 4. The summed E-state index contributed by atoms with van der Waals surface area (Å²) in [6.07, 6.45) is -13.4. The molecule has 2 bridgehead atoms. The van der Waals surface area contributed by atoms with Crippen molar-refractivity contribution < 1.29 is 76.4 Å². The minimum Gasteiger partial charge on any atom is -0.456 e. The second-order valence-electron chi connectivity index (χ2n) is 20.0. The predicted molar refractivity (Wildman–Crippen MR) is 212 cm³/mol. The summed E-state index contributed by atoms with van der Waals surface area (Å²) in [5.74, 6) is -4.04. The smallest absolute Gasteiger partial charge is 0.408 e. The Morgan fingerprint density at radius 2 is 1.68 bits per heavy atom. The van der Waals surface area contributed by atoms with Crippen molar-refractivity contribution in [3.05, 3.63) is 47.0 Å². The lowest BCUT2D eigenvalue weighted by Crippen LogP contribution is -2.79. The number of benzene rings is 1. The normalized spacial score (nSPS) is 36.8. The number of carbonyl (C=O) groups excluding carboxylic acids is 4. The van der Waals surface area contributed by atoms with Gasteiger partial charge in [0.2, 0.25) is 0 Å². The Hall–Kier alpha value is -3.78. The number of likely N-dealkylation sites (tertiary alicyclic amines) is 1. The van der Waals surface area contributed by atoms with Crippen molar-refractivity contribution in [3.63, 3.8) is 0 Å². The van der Waals surface area contributed by atoms with Crippen molar-refractivity contribution >= 4 is 24.0 Å². The first-order valence-corrected chi connectivity index (χ1v) is 21.2. The van der Waals surface area contributed by atoms with Crippen LogP contribution in [0.25, 0.3) is 0 Å². The van der Waals surface area contributed by atoms with Crippen molar-refractivity contribution in [1.29, 1.82) is 0 Å². The molecule has 1 aromatic rings. The molecule has 0 unspecified atom stereocenters. The third-order valence-electron chi connectivity index (χ3n) is 13.9. The summed E-state index contributed by atoms with van der Waals surface area (Å²) in [6.45, 7) is 15.4. The van der Waals surface area contributed by atoms with Gasteiger partial charge in [0.15, 0.2) is 18.0 Å². The molecule has 18 heteroatoms. The topological polar surface area (TPSA) is 209 Å². The van der Waals surface area contributed by atoms with Crippen LogP contribution in [-0.2, 0) is 42.7 Å². The number of alkyl carbamates (subject to hydrolysis) is 1. The Morgan fingerprint density at radius 3 is 2.24 bits per heavy atom. The molecule has 4 N–H and O–H groups in total. The van der Waals surface area contributed by atoms with E-state index in [0.717, 1.165) is 0 Å². The molecule has 12 atom stereocenters. The second kappa shape index (κ2) is 16.0. The van der Waals surface area contributed by atoms with Crippen LogP contribution in [0.3, 0.4) is 0 Å². The van der Waals surface area contributed by atoms with E-state index >= 15 is 0 Å². The Morgan fingerprint density at radius 1 is 1.02 bits per heavy atom. The number of carbonyl (C=O) groups is 4. The summed E-state index contributed by atoms with van der Waals surface area (Å²) in [5, 5.41) is 37.2. The lowest BCUT2D eigenvalue weighted by atomic mass is 9.45. The SMILES string of the molecule is CC(=O)O[C@@]12CO[C@@H]1CC[C@@]1(C)[C@@H]3O[C@H](CN4CC(C)(O)C4)O[C@@H]3C3=C(C)[C@@H](OC(=O)[C@H](O)[C@@H](NC(=O)OC(C)(C)C)C(F)F)C[C@@](O)([C@@H](OC(=O)c4ccccc4)[C@@H]12)C3(C)C. The Bertz CT molecular complexity index is 1950. The fourth-order valence-corrected chi connectivity index (χ4v) is 11.1. The molecule has 0 aromatic heterocycles. The van der Waals surface area contributed by atoms with Gasteiger partial charge in [-0.15, -0.1) is 0 Å². The fourth-order valence-electron chi connectivity index (χ4n) is 11.1. The second-order valence-corrected chi connectivity index (χ2v) is 20.0. The molecule has 5 fully saturated rings.